The Morgan fingerprint density at radius 1 is 1.30 bits per heavy atom. The number of anilines is 1. The van der Waals surface area contributed by atoms with Gasteiger partial charge in [-0.2, -0.15) is 0 Å². The van der Waals surface area contributed by atoms with Crippen LogP contribution in [0.5, 0.6) is 0 Å². The van der Waals surface area contributed by atoms with Crippen molar-refractivity contribution in [3.05, 3.63) is 29.3 Å². The minimum Gasteiger partial charge on any atom is -0.469 e. The van der Waals surface area contributed by atoms with Crippen LogP contribution in [-0.4, -0.2) is 25.6 Å². The molecule has 0 aliphatic heterocycles. The molecule has 0 unspecified atom stereocenters. The van der Waals surface area contributed by atoms with Crippen LogP contribution in [0.15, 0.2) is 23.2 Å². The van der Waals surface area contributed by atoms with Gasteiger partial charge in [0.2, 0.25) is 0 Å². The predicted molar refractivity (Wildman–Crippen MR) is 104 cm³/mol. The topological polar surface area (TPSA) is 76.7 Å². The summed E-state index contributed by atoms with van der Waals surface area (Å²) in [6.07, 6.45) is 6.77. The summed E-state index contributed by atoms with van der Waals surface area (Å²) >= 11 is 0. The quantitative estimate of drug-likeness (QED) is 0.238. The molecule has 0 atom stereocenters. The number of hydrogen-bond donors (Lipinski definition) is 2. The van der Waals surface area contributed by atoms with E-state index in [4.69, 9.17) is 5.73 Å². The standard InChI is InChI=1S/C17H25N3O2.HI/c1-22-16(21)11-4-5-12-19-17(18)20-15-10-6-8-13-7-2-3-9-14(13)15;/h6,8,10H,2-5,7,9,11-12H2,1H3,(H3,18,19,20);1H. The number of methoxy groups -OCH3 is 1. The lowest BCUT2D eigenvalue weighted by molar-refractivity contribution is -0.140. The van der Waals surface area contributed by atoms with Crippen LogP contribution in [0.1, 0.15) is 43.2 Å². The van der Waals surface area contributed by atoms with Crippen molar-refractivity contribution >= 4 is 41.6 Å². The number of carbonyl (C=O) groups excluding carboxylic acids is 1. The fourth-order valence-corrected chi connectivity index (χ4v) is 2.76. The number of guanidine groups is 1. The molecule has 1 aliphatic rings. The van der Waals surface area contributed by atoms with Crippen molar-refractivity contribution in [1.29, 1.82) is 0 Å². The minimum atomic E-state index is -0.175. The molecular weight excluding hydrogens is 405 g/mol. The fraction of sp³-hybridized carbons (Fsp3) is 0.529. The molecule has 0 radical (unpaired) electrons. The number of aryl methyl sites for hydroxylation is 1. The molecule has 0 heterocycles. The highest BCUT2D eigenvalue weighted by Crippen LogP contribution is 2.27. The van der Waals surface area contributed by atoms with Crippen LogP contribution in [0.4, 0.5) is 5.69 Å². The third kappa shape index (κ3) is 6.37. The number of benzene rings is 1. The Morgan fingerprint density at radius 2 is 2.09 bits per heavy atom. The maximum Gasteiger partial charge on any atom is 0.305 e. The zero-order chi connectivity index (χ0) is 15.8. The third-order valence-electron chi connectivity index (χ3n) is 3.96. The van der Waals surface area contributed by atoms with Gasteiger partial charge in [-0.25, -0.2) is 0 Å². The summed E-state index contributed by atoms with van der Waals surface area (Å²) in [6, 6.07) is 6.32. The summed E-state index contributed by atoms with van der Waals surface area (Å²) in [4.78, 5) is 15.3. The molecule has 0 aromatic heterocycles. The van der Waals surface area contributed by atoms with Crippen LogP contribution in [0.25, 0.3) is 0 Å². The van der Waals surface area contributed by atoms with Gasteiger partial charge >= 0.3 is 5.97 Å². The first-order valence-corrected chi connectivity index (χ1v) is 7.95. The summed E-state index contributed by atoms with van der Waals surface area (Å²) in [6.45, 7) is 0.616. The monoisotopic (exact) mass is 431 g/mol. The average Bonchev–Trinajstić information content (AvgIpc) is 2.54. The first kappa shape index (κ1) is 19.7. The summed E-state index contributed by atoms with van der Waals surface area (Å²) in [5.41, 5.74) is 9.82. The SMILES string of the molecule is COC(=O)CCCCN=C(N)Nc1cccc2c1CCCC2.I. The molecule has 1 aromatic rings. The first-order chi connectivity index (χ1) is 10.7. The van der Waals surface area contributed by atoms with Gasteiger partial charge in [0, 0.05) is 18.7 Å². The Kier molecular flexibility index (Phi) is 8.98. The Bertz CT molecular complexity index is 547. The smallest absolute Gasteiger partial charge is 0.305 e. The van der Waals surface area contributed by atoms with E-state index in [1.807, 2.05) is 0 Å². The average molecular weight is 431 g/mol. The maximum atomic E-state index is 11.0. The summed E-state index contributed by atoms with van der Waals surface area (Å²) in [5, 5.41) is 3.22. The van der Waals surface area contributed by atoms with E-state index in [2.05, 4.69) is 33.2 Å². The van der Waals surface area contributed by atoms with Gasteiger partial charge in [-0.3, -0.25) is 9.79 Å². The number of unbranched alkanes of at least 4 members (excludes halogenated alkanes) is 1. The second kappa shape index (κ2) is 10.5. The predicted octanol–water partition coefficient (Wildman–Crippen LogP) is 3.25. The molecule has 5 nitrogen and oxygen atoms in total. The Balaban J connectivity index is 0.00000264. The molecule has 1 aliphatic carbocycles. The van der Waals surface area contributed by atoms with Gasteiger partial charge < -0.3 is 15.8 Å². The highest BCUT2D eigenvalue weighted by molar-refractivity contribution is 14.0. The molecule has 23 heavy (non-hydrogen) atoms. The maximum absolute atomic E-state index is 11.0. The van der Waals surface area contributed by atoms with Crippen LogP contribution >= 0.6 is 24.0 Å². The number of esters is 1. The molecule has 3 N–H and O–H groups in total. The lowest BCUT2D eigenvalue weighted by atomic mass is 9.90. The number of fused-ring (bicyclic) bond motifs is 1. The zero-order valence-electron chi connectivity index (χ0n) is 13.6. The van der Waals surface area contributed by atoms with E-state index in [-0.39, 0.29) is 29.9 Å². The van der Waals surface area contributed by atoms with Gasteiger partial charge in [0.1, 0.15) is 0 Å². The number of carbonyl (C=O) groups is 1. The van der Waals surface area contributed by atoms with Crippen molar-refractivity contribution in [2.45, 2.75) is 44.9 Å². The molecule has 6 heteroatoms. The second-order valence-electron chi connectivity index (χ2n) is 5.58. The van der Waals surface area contributed by atoms with Crippen LogP contribution in [0, 0.1) is 0 Å². The van der Waals surface area contributed by atoms with Gasteiger partial charge in [0.15, 0.2) is 5.96 Å². The number of nitrogens with one attached hydrogen (secondary N) is 1. The largest absolute Gasteiger partial charge is 0.469 e. The number of rotatable bonds is 6. The van der Waals surface area contributed by atoms with Crippen molar-refractivity contribution in [2.24, 2.45) is 10.7 Å². The number of ether oxygens (including phenoxy) is 1. The Labute approximate surface area is 155 Å². The Morgan fingerprint density at radius 3 is 2.87 bits per heavy atom. The van der Waals surface area contributed by atoms with Crippen molar-refractivity contribution in [3.63, 3.8) is 0 Å². The van der Waals surface area contributed by atoms with Crippen molar-refractivity contribution in [3.8, 4) is 0 Å². The lowest BCUT2D eigenvalue weighted by Gasteiger charge is -2.19. The molecule has 1 aromatic carbocycles. The van der Waals surface area contributed by atoms with Gasteiger partial charge in [-0.15, -0.1) is 24.0 Å². The second-order valence-corrected chi connectivity index (χ2v) is 5.58. The normalized spacial score (nSPS) is 13.7. The molecule has 0 fully saturated rings. The van der Waals surface area contributed by atoms with Crippen molar-refractivity contribution in [2.75, 3.05) is 19.0 Å². The number of nitrogens with zero attached hydrogens (tertiary/aromatic N) is 1. The van der Waals surface area contributed by atoms with E-state index in [0.29, 0.717) is 18.9 Å². The number of halogens is 1. The number of aliphatic imine (C=N–C) groups is 1. The van der Waals surface area contributed by atoms with Gasteiger partial charge in [0.05, 0.1) is 7.11 Å². The van der Waals surface area contributed by atoms with E-state index in [9.17, 15) is 4.79 Å². The molecule has 0 bridgehead atoms. The first-order valence-electron chi connectivity index (χ1n) is 7.95. The van der Waals surface area contributed by atoms with E-state index >= 15 is 0 Å². The zero-order valence-corrected chi connectivity index (χ0v) is 16.0. The van der Waals surface area contributed by atoms with Gasteiger partial charge in [-0.1, -0.05) is 12.1 Å². The Hall–Kier alpha value is -1.31. The molecule has 2 rings (SSSR count). The molecule has 0 saturated carbocycles. The molecule has 128 valence electrons. The summed E-state index contributed by atoms with van der Waals surface area (Å²) in [7, 11) is 1.41. The highest BCUT2D eigenvalue weighted by atomic mass is 127. The third-order valence-corrected chi connectivity index (χ3v) is 3.96. The van der Waals surface area contributed by atoms with Crippen LogP contribution in [-0.2, 0) is 22.4 Å². The van der Waals surface area contributed by atoms with Crippen molar-refractivity contribution < 1.29 is 9.53 Å². The molecule has 0 spiro atoms. The van der Waals surface area contributed by atoms with Crippen LogP contribution < -0.4 is 11.1 Å². The fourth-order valence-electron chi connectivity index (χ4n) is 2.76. The van der Waals surface area contributed by atoms with Crippen molar-refractivity contribution in [1.82, 2.24) is 0 Å². The van der Waals surface area contributed by atoms with E-state index in [1.165, 1.54) is 31.1 Å². The molecule has 0 saturated heterocycles. The summed E-state index contributed by atoms with van der Waals surface area (Å²) in [5.74, 6) is 0.267. The number of nitrogens with two attached hydrogens (primary N) is 1. The van der Waals surface area contributed by atoms with Crippen LogP contribution in [0.3, 0.4) is 0 Å². The van der Waals surface area contributed by atoms with Gasteiger partial charge in [0.25, 0.3) is 0 Å². The highest BCUT2D eigenvalue weighted by Gasteiger charge is 2.12. The van der Waals surface area contributed by atoms with Crippen LogP contribution in [0.2, 0.25) is 0 Å². The van der Waals surface area contributed by atoms with Gasteiger partial charge in [-0.05, 0) is 55.7 Å². The van der Waals surface area contributed by atoms with E-state index in [0.717, 1.165) is 31.4 Å². The molecular formula is C17H26IN3O2. The summed E-state index contributed by atoms with van der Waals surface area (Å²) < 4.78 is 4.60. The molecule has 0 amide bonds. The minimum absolute atomic E-state index is 0. The van der Waals surface area contributed by atoms with E-state index < -0.39 is 0 Å². The number of hydrogen-bond acceptors (Lipinski definition) is 3. The lowest BCUT2D eigenvalue weighted by Crippen LogP contribution is -2.24. The van der Waals surface area contributed by atoms with E-state index in [1.54, 1.807) is 0 Å².